The van der Waals surface area contributed by atoms with Crippen LogP contribution in [0.25, 0.3) is 33.5 Å². The lowest BCUT2D eigenvalue weighted by atomic mass is 9.95. The minimum absolute atomic E-state index is 0.223. The highest BCUT2D eigenvalue weighted by Crippen LogP contribution is 2.31. The van der Waals surface area contributed by atoms with E-state index >= 15 is 0 Å². The fraction of sp³-hybridized carbons (Fsp3) is 0.241. The summed E-state index contributed by atoms with van der Waals surface area (Å²) in [5, 5.41) is 17.7. The van der Waals surface area contributed by atoms with Gasteiger partial charge in [0.1, 0.15) is 22.9 Å². The molecule has 1 fully saturated rings. The lowest BCUT2D eigenvalue weighted by Crippen LogP contribution is -2.34. The number of aromatic amines is 1. The second-order valence-electron chi connectivity index (χ2n) is 10.00. The van der Waals surface area contributed by atoms with Gasteiger partial charge in [-0.2, -0.15) is 5.10 Å². The van der Waals surface area contributed by atoms with Gasteiger partial charge in [0, 0.05) is 54.1 Å². The first-order valence-corrected chi connectivity index (χ1v) is 13.0. The van der Waals surface area contributed by atoms with Crippen molar-refractivity contribution < 1.29 is 9.13 Å². The molecule has 1 N–H and O–H groups in total. The standard InChI is InChI=1S/C29H27FN8O/c1-39-27-6-2-5-24(30)23(27)17-36-12-3-4-19(15-36)26-18-38(35-33-26)21-8-9-25-22(14-21)29(34-32-25)20-7-10-28-31-11-13-37(28)16-20/h2,5-11,13-14,16,18-19H,3-4,12,15,17H2,1H3,(H,32,34)/t19-/m1/s1. The molecule has 0 amide bonds. The summed E-state index contributed by atoms with van der Waals surface area (Å²) >= 11 is 0. The zero-order valence-corrected chi connectivity index (χ0v) is 21.5. The number of rotatable bonds is 6. The van der Waals surface area contributed by atoms with Crippen molar-refractivity contribution in [3.63, 3.8) is 0 Å². The number of halogens is 1. The number of piperidine rings is 1. The fourth-order valence-corrected chi connectivity index (χ4v) is 5.56. The molecule has 39 heavy (non-hydrogen) atoms. The van der Waals surface area contributed by atoms with Gasteiger partial charge in [-0.05, 0) is 61.9 Å². The molecule has 0 aliphatic carbocycles. The van der Waals surface area contributed by atoms with Crippen molar-refractivity contribution >= 4 is 16.6 Å². The number of benzene rings is 2. The van der Waals surface area contributed by atoms with Gasteiger partial charge in [-0.25, -0.2) is 14.1 Å². The predicted molar refractivity (Wildman–Crippen MR) is 145 cm³/mol. The van der Waals surface area contributed by atoms with Gasteiger partial charge in [0.15, 0.2) is 0 Å². The van der Waals surface area contributed by atoms with Crippen LogP contribution in [0.4, 0.5) is 4.39 Å². The van der Waals surface area contributed by atoms with E-state index in [0.29, 0.717) is 17.9 Å². The molecule has 0 saturated carbocycles. The van der Waals surface area contributed by atoms with Crippen molar-refractivity contribution in [2.24, 2.45) is 0 Å². The molecule has 196 valence electrons. The lowest BCUT2D eigenvalue weighted by Gasteiger charge is -2.32. The minimum atomic E-state index is -0.235. The Balaban J connectivity index is 1.14. The number of ether oxygens (including phenoxy) is 1. The number of imidazole rings is 1. The van der Waals surface area contributed by atoms with Gasteiger partial charge in [0.2, 0.25) is 0 Å². The summed E-state index contributed by atoms with van der Waals surface area (Å²) in [6, 6.07) is 15.1. The van der Waals surface area contributed by atoms with Crippen molar-refractivity contribution in [2.45, 2.75) is 25.3 Å². The van der Waals surface area contributed by atoms with Crippen LogP contribution < -0.4 is 4.74 Å². The number of fused-ring (bicyclic) bond motifs is 2. The van der Waals surface area contributed by atoms with E-state index in [9.17, 15) is 4.39 Å². The van der Waals surface area contributed by atoms with Gasteiger partial charge in [-0.15, -0.1) is 5.10 Å². The number of methoxy groups -OCH3 is 1. The highest BCUT2D eigenvalue weighted by Gasteiger charge is 2.25. The van der Waals surface area contributed by atoms with E-state index in [0.717, 1.165) is 65.1 Å². The number of pyridine rings is 1. The van der Waals surface area contributed by atoms with Gasteiger partial charge in [0.05, 0.1) is 30.2 Å². The number of nitrogens with one attached hydrogen (secondary N) is 1. The monoisotopic (exact) mass is 522 g/mol. The third-order valence-corrected chi connectivity index (χ3v) is 7.59. The molecule has 1 atom stereocenters. The summed E-state index contributed by atoms with van der Waals surface area (Å²) in [5.74, 6) is 0.573. The van der Waals surface area contributed by atoms with Gasteiger partial charge in [0.25, 0.3) is 0 Å². The topological polar surface area (TPSA) is 89.2 Å². The van der Waals surface area contributed by atoms with Gasteiger partial charge >= 0.3 is 0 Å². The Morgan fingerprint density at radius 2 is 2.08 bits per heavy atom. The number of likely N-dealkylation sites (tertiary alicyclic amines) is 1. The van der Waals surface area contributed by atoms with Crippen LogP contribution in [-0.2, 0) is 6.54 Å². The molecule has 10 heteroatoms. The molecule has 7 rings (SSSR count). The average molecular weight is 523 g/mol. The Morgan fingerprint density at radius 1 is 1.13 bits per heavy atom. The quantitative estimate of drug-likeness (QED) is 0.332. The molecule has 1 saturated heterocycles. The molecule has 9 nitrogen and oxygen atoms in total. The van der Waals surface area contributed by atoms with Crippen LogP contribution in [0.15, 0.2) is 73.3 Å². The van der Waals surface area contributed by atoms with E-state index in [2.05, 4.69) is 36.5 Å². The summed E-state index contributed by atoms with van der Waals surface area (Å²) in [7, 11) is 1.58. The molecule has 1 aliphatic heterocycles. The maximum Gasteiger partial charge on any atom is 0.136 e. The maximum absolute atomic E-state index is 14.5. The van der Waals surface area contributed by atoms with E-state index in [1.807, 2.05) is 58.0 Å². The zero-order chi connectivity index (χ0) is 26.3. The summed E-state index contributed by atoms with van der Waals surface area (Å²) in [4.78, 5) is 6.60. The van der Waals surface area contributed by atoms with Crippen LogP contribution in [0.2, 0.25) is 0 Å². The van der Waals surface area contributed by atoms with Crippen LogP contribution in [0, 0.1) is 5.82 Å². The molecule has 1 aliphatic rings. The Kier molecular flexibility index (Phi) is 5.81. The Bertz CT molecular complexity index is 1790. The Hall–Kier alpha value is -4.57. The van der Waals surface area contributed by atoms with Crippen LogP contribution in [0.5, 0.6) is 5.75 Å². The smallest absolute Gasteiger partial charge is 0.136 e. The third-order valence-electron chi connectivity index (χ3n) is 7.59. The number of hydrogen-bond acceptors (Lipinski definition) is 6. The molecule has 5 heterocycles. The van der Waals surface area contributed by atoms with Crippen molar-refractivity contribution in [3.05, 3.63) is 90.4 Å². The summed E-state index contributed by atoms with van der Waals surface area (Å²) in [6.07, 6.45) is 9.78. The average Bonchev–Trinajstić information content (AvgIpc) is 3.73. The second-order valence-corrected chi connectivity index (χ2v) is 10.00. The van der Waals surface area contributed by atoms with Gasteiger partial charge < -0.3 is 9.14 Å². The number of aromatic nitrogens is 7. The Morgan fingerprint density at radius 3 is 3.00 bits per heavy atom. The lowest BCUT2D eigenvalue weighted by molar-refractivity contribution is 0.194. The second kappa shape index (κ2) is 9.63. The first kappa shape index (κ1) is 23.5. The van der Waals surface area contributed by atoms with Crippen LogP contribution in [0.1, 0.15) is 30.0 Å². The highest BCUT2D eigenvalue weighted by atomic mass is 19.1. The molecular weight excluding hydrogens is 495 g/mol. The predicted octanol–water partition coefficient (Wildman–Crippen LogP) is 4.99. The summed E-state index contributed by atoms with van der Waals surface area (Å²) < 4.78 is 23.8. The van der Waals surface area contributed by atoms with Crippen LogP contribution in [-0.4, -0.2) is 59.7 Å². The van der Waals surface area contributed by atoms with Crippen LogP contribution in [0.3, 0.4) is 0 Å². The molecule has 2 aromatic carbocycles. The van der Waals surface area contributed by atoms with Crippen molar-refractivity contribution in [1.29, 1.82) is 0 Å². The molecular formula is C29H27FN8O. The molecule has 0 spiro atoms. The summed E-state index contributed by atoms with van der Waals surface area (Å²) in [6.45, 7) is 2.20. The van der Waals surface area contributed by atoms with Crippen molar-refractivity contribution in [2.75, 3.05) is 20.2 Å². The fourth-order valence-electron chi connectivity index (χ4n) is 5.56. The molecule has 0 radical (unpaired) electrons. The van der Waals surface area contributed by atoms with Crippen molar-refractivity contribution in [3.8, 4) is 22.7 Å². The Labute approximate surface area is 223 Å². The van der Waals surface area contributed by atoms with E-state index in [1.165, 1.54) is 6.07 Å². The number of H-pyrrole nitrogens is 1. The summed E-state index contributed by atoms with van der Waals surface area (Å²) in [5.41, 5.74) is 6.16. The largest absolute Gasteiger partial charge is 0.496 e. The van der Waals surface area contributed by atoms with Crippen molar-refractivity contribution in [1.82, 2.24) is 39.5 Å². The third kappa shape index (κ3) is 4.32. The molecule has 4 aromatic heterocycles. The highest BCUT2D eigenvalue weighted by molar-refractivity contribution is 5.94. The number of hydrogen-bond donors (Lipinski definition) is 1. The van der Waals surface area contributed by atoms with E-state index in [1.54, 1.807) is 19.4 Å². The minimum Gasteiger partial charge on any atom is -0.496 e. The molecule has 6 aromatic rings. The molecule has 0 bridgehead atoms. The normalized spacial score (nSPS) is 16.3. The SMILES string of the molecule is COc1cccc(F)c1CN1CCC[C@@H](c2cn(-c3ccc4[nH]nc(-c5ccc6nccn6c5)c4c3)nn2)C1. The maximum atomic E-state index is 14.5. The number of nitrogens with zero attached hydrogens (tertiary/aromatic N) is 7. The van der Waals surface area contributed by atoms with E-state index in [-0.39, 0.29) is 11.7 Å². The van der Waals surface area contributed by atoms with Gasteiger partial charge in [-0.1, -0.05) is 11.3 Å². The van der Waals surface area contributed by atoms with Crippen LogP contribution >= 0.6 is 0 Å². The van der Waals surface area contributed by atoms with E-state index < -0.39 is 0 Å². The molecule has 0 unspecified atom stereocenters. The first-order chi connectivity index (χ1) is 19.2. The first-order valence-electron chi connectivity index (χ1n) is 13.0. The van der Waals surface area contributed by atoms with Gasteiger partial charge in [-0.3, -0.25) is 10.00 Å². The van der Waals surface area contributed by atoms with E-state index in [4.69, 9.17) is 4.74 Å². The zero-order valence-electron chi connectivity index (χ0n) is 21.5.